The second kappa shape index (κ2) is 5.26. The van der Waals surface area contributed by atoms with Crippen molar-refractivity contribution >= 4 is 0 Å². The number of fused-ring (bicyclic) bond motifs is 1. The van der Waals surface area contributed by atoms with Gasteiger partial charge in [-0.2, -0.15) is 0 Å². The van der Waals surface area contributed by atoms with Gasteiger partial charge in [0.05, 0.1) is 12.8 Å². The fraction of sp³-hybridized carbons (Fsp3) is 0.571. The molecule has 3 rings (SSSR count). The van der Waals surface area contributed by atoms with Crippen molar-refractivity contribution in [2.45, 2.75) is 19.0 Å². The molecule has 4 heteroatoms. The van der Waals surface area contributed by atoms with Gasteiger partial charge in [-0.3, -0.25) is 4.90 Å². The highest BCUT2D eigenvalue weighted by atomic mass is 16.5. The van der Waals surface area contributed by atoms with E-state index in [0.29, 0.717) is 0 Å². The Bertz CT molecular complexity index is 416. The van der Waals surface area contributed by atoms with Gasteiger partial charge >= 0.3 is 0 Å². The molecule has 2 aliphatic heterocycles. The van der Waals surface area contributed by atoms with E-state index < -0.39 is 0 Å². The van der Waals surface area contributed by atoms with E-state index in [2.05, 4.69) is 28.4 Å². The van der Waals surface area contributed by atoms with Crippen LogP contribution in [0.4, 0.5) is 0 Å². The van der Waals surface area contributed by atoms with Gasteiger partial charge in [-0.1, -0.05) is 6.07 Å². The third kappa shape index (κ3) is 2.36. The highest BCUT2D eigenvalue weighted by Gasteiger charge is 2.20. The van der Waals surface area contributed by atoms with Gasteiger partial charge in [-0.25, -0.2) is 0 Å². The molecule has 1 saturated heterocycles. The van der Waals surface area contributed by atoms with Crippen molar-refractivity contribution in [3.05, 3.63) is 29.3 Å². The molecule has 0 aliphatic carbocycles. The van der Waals surface area contributed by atoms with Crippen LogP contribution in [0.2, 0.25) is 0 Å². The lowest BCUT2D eigenvalue weighted by Gasteiger charge is -2.33. The van der Waals surface area contributed by atoms with Crippen molar-refractivity contribution in [2.75, 3.05) is 32.8 Å². The second-order valence-electron chi connectivity index (χ2n) is 5.05. The van der Waals surface area contributed by atoms with Crippen LogP contribution in [0.3, 0.4) is 0 Å². The molecule has 1 aromatic carbocycles. The van der Waals surface area contributed by atoms with Gasteiger partial charge < -0.3 is 15.8 Å². The Morgan fingerprint density at radius 3 is 2.94 bits per heavy atom. The number of hydrogen-bond donors (Lipinski definition) is 2. The molecule has 1 unspecified atom stereocenters. The van der Waals surface area contributed by atoms with Gasteiger partial charge in [0.15, 0.2) is 0 Å². The Labute approximate surface area is 108 Å². The molecule has 2 heterocycles. The lowest BCUT2D eigenvalue weighted by Crippen LogP contribution is -2.47. The number of nitrogens with one attached hydrogen (secondary N) is 1. The molecule has 0 radical (unpaired) electrons. The summed E-state index contributed by atoms with van der Waals surface area (Å²) >= 11 is 0. The maximum Gasteiger partial charge on any atom is 0.122 e. The standard InChI is InChI=1S/C14H21N3O/c15-14(17-7-5-16-6-8-17)12-3-4-13-11(10-12)2-1-9-18-13/h3-4,10,14,16H,1-2,5-9,15H2. The zero-order valence-electron chi connectivity index (χ0n) is 10.7. The number of nitrogens with two attached hydrogens (primary N) is 1. The minimum Gasteiger partial charge on any atom is -0.493 e. The number of aryl methyl sites for hydroxylation is 1. The summed E-state index contributed by atoms with van der Waals surface area (Å²) in [6, 6.07) is 6.41. The minimum absolute atomic E-state index is 0.0133. The van der Waals surface area contributed by atoms with E-state index in [-0.39, 0.29) is 6.17 Å². The van der Waals surface area contributed by atoms with Crippen molar-refractivity contribution < 1.29 is 4.74 Å². The fourth-order valence-corrected chi connectivity index (χ4v) is 2.74. The molecule has 98 valence electrons. The number of benzene rings is 1. The van der Waals surface area contributed by atoms with Gasteiger partial charge in [0.25, 0.3) is 0 Å². The van der Waals surface area contributed by atoms with Crippen LogP contribution >= 0.6 is 0 Å². The number of hydrogen-bond acceptors (Lipinski definition) is 4. The van der Waals surface area contributed by atoms with Crippen LogP contribution in [-0.4, -0.2) is 37.7 Å². The quantitative estimate of drug-likeness (QED) is 0.814. The van der Waals surface area contributed by atoms with Gasteiger partial charge in [0.2, 0.25) is 0 Å². The van der Waals surface area contributed by atoms with Crippen LogP contribution in [0.15, 0.2) is 18.2 Å². The maximum absolute atomic E-state index is 6.36. The smallest absolute Gasteiger partial charge is 0.122 e. The zero-order chi connectivity index (χ0) is 12.4. The average Bonchev–Trinajstić information content (AvgIpc) is 2.47. The normalized spacial score (nSPS) is 22.1. The van der Waals surface area contributed by atoms with Gasteiger partial charge in [0.1, 0.15) is 5.75 Å². The third-order valence-electron chi connectivity index (χ3n) is 3.82. The van der Waals surface area contributed by atoms with E-state index in [1.54, 1.807) is 0 Å². The summed E-state index contributed by atoms with van der Waals surface area (Å²) in [5, 5.41) is 3.35. The molecule has 0 bridgehead atoms. The summed E-state index contributed by atoms with van der Waals surface area (Å²) in [4.78, 5) is 2.34. The van der Waals surface area contributed by atoms with E-state index in [1.165, 1.54) is 11.1 Å². The molecule has 0 aromatic heterocycles. The summed E-state index contributed by atoms with van der Waals surface area (Å²) in [5.41, 5.74) is 8.88. The van der Waals surface area contributed by atoms with Crippen LogP contribution in [0, 0.1) is 0 Å². The van der Waals surface area contributed by atoms with Gasteiger partial charge in [-0.05, 0) is 36.1 Å². The molecule has 18 heavy (non-hydrogen) atoms. The van der Waals surface area contributed by atoms with Crippen LogP contribution < -0.4 is 15.8 Å². The van der Waals surface area contributed by atoms with Crippen LogP contribution in [-0.2, 0) is 6.42 Å². The predicted molar refractivity (Wildman–Crippen MR) is 71.6 cm³/mol. The molecular formula is C14H21N3O. The van der Waals surface area contributed by atoms with E-state index >= 15 is 0 Å². The van der Waals surface area contributed by atoms with E-state index in [1.807, 2.05) is 0 Å². The zero-order valence-corrected chi connectivity index (χ0v) is 10.7. The molecule has 0 saturated carbocycles. The number of piperazine rings is 1. The first kappa shape index (κ1) is 12.0. The lowest BCUT2D eigenvalue weighted by atomic mass is 10.0. The summed E-state index contributed by atoms with van der Waals surface area (Å²) in [6.07, 6.45) is 2.23. The summed E-state index contributed by atoms with van der Waals surface area (Å²) in [7, 11) is 0. The first-order valence-electron chi connectivity index (χ1n) is 6.80. The molecule has 0 spiro atoms. The van der Waals surface area contributed by atoms with E-state index in [4.69, 9.17) is 10.5 Å². The Kier molecular flexibility index (Phi) is 3.50. The first-order valence-corrected chi connectivity index (χ1v) is 6.80. The third-order valence-corrected chi connectivity index (χ3v) is 3.82. The maximum atomic E-state index is 6.36. The summed E-state index contributed by atoms with van der Waals surface area (Å²) < 4.78 is 5.64. The Morgan fingerprint density at radius 2 is 2.11 bits per heavy atom. The van der Waals surface area contributed by atoms with Crippen molar-refractivity contribution in [3.63, 3.8) is 0 Å². The first-order chi connectivity index (χ1) is 8.84. The molecule has 0 amide bonds. The van der Waals surface area contributed by atoms with Crippen molar-refractivity contribution in [2.24, 2.45) is 5.73 Å². The van der Waals surface area contributed by atoms with Gasteiger partial charge in [0, 0.05) is 26.2 Å². The van der Waals surface area contributed by atoms with Crippen molar-refractivity contribution in [3.8, 4) is 5.75 Å². The van der Waals surface area contributed by atoms with E-state index in [9.17, 15) is 0 Å². The number of rotatable bonds is 2. The summed E-state index contributed by atoms with van der Waals surface area (Å²) in [6.45, 7) is 4.95. The van der Waals surface area contributed by atoms with Crippen molar-refractivity contribution in [1.29, 1.82) is 0 Å². The van der Waals surface area contributed by atoms with Crippen LogP contribution in [0.25, 0.3) is 0 Å². The SMILES string of the molecule is NC(c1ccc2c(c1)CCCO2)N1CCNCC1. The van der Waals surface area contributed by atoms with Gasteiger partial charge in [-0.15, -0.1) is 0 Å². The molecule has 4 nitrogen and oxygen atoms in total. The largest absolute Gasteiger partial charge is 0.493 e. The molecule has 1 atom stereocenters. The lowest BCUT2D eigenvalue weighted by molar-refractivity contribution is 0.177. The molecule has 1 aromatic rings. The molecule has 1 fully saturated rings. The Morgan fingerprint density at radius 1 is 1.28 bits per heavy atom. The Balaban J connectivity index is 1.78. The van der Waals surface area contributed by atoms with E-state index in [0.717, 1.165) is 51.4 Å². The Hall–Kier alpha value is -1.10. The fourth-order valence-electron chi connectivity index (χ4n) is 2.74. The molecule has 3 N–H and O–H groups in total. The highest BCUT2D eigenvalue weighted by molar-refractivity contribution is 5.39. The second-order valence-corrected chi connectivity index (χ2v) is 5.05. The predicted octanol–water partition coefficient (Wildman–Crippen LogP) is 0.874. The highest BCUT2D eigenvalue weighted by Crippen LogP contribution is 2.28. The number of ether oxygens (including phenoxy) is 1. The van der Waals surface area contributed by atoms with Crippen molar-refractivity contribution in [1.82, 2.24) is 10.2 Å². The minimum atomic E-state index is 0.0133. The summed E-state index contributed by atoms with van der Waals surface area (Å²) in [5.74, 6) is 1.04. The average molecular weight is 247 g/mol. The number of nitrogens with zero attached hydrogens (tertiary/aromatic N) is 1. The van der Waals surface area contributed by atoms with Crippen LogP contribution in [0.1, 0.15) is 23.7 Å². The molecule has 2 aliphatic rings. The topological polar surface area (TPSA) is 50.5 Å². The monoisotopic (exact) mass is 247 g/mol. The molecular weight excluding hydrogens is 226 g/mol. The van der Waals surface area contributed by atoms with Crippen LogP contribution in [0.5, 0.6) is 5.75 Å².